The van der Waals surface area contributed by atoms with E-state index in [0.717, 1.165) is 55.4 Å². The van der Waals surface area contributed by atoms with Crippen molar-refractivity contribution in [2.45, 2.75) is 31.9 Å². The number of carbonyl (C=O) groups excluding carboxylic acids is 2. The van der Waals surface area contributed by atoms with Crippen LogP contribution in [0.1, 0.15) is 33.8 Å². The largest absolute Gasteiger partial charge is 0.496 e. The highest BCUT2D eigenvalue weighted by Crippen LogP contribution is 2.33. The molecule has 8 nitrogen and oxygen atoms in total. The summed E-state index contributed by atoms with van der Waals surface area (Å²) in [5, 5.41) is 0. The van der Waals surface area contributed by atoms with E-state index in [4.69, 9.17) is 9.47 Å². The van der Waals surface area contributed by atoms with Crippen LogP contribution in [-0.4, -0.2) is 74.7 Å². The zero-order chi connectivity index (χ0) is 29.4. The molecule has 41 heavy (non-hydrogen) atoms. The summed E-state index contributed by atoms with van der Waals surface area (Å²) in [5.41, 5.74) is 2.19. The second kappa shape index (κ2) is 13.6. The van der Waals surface area contributed by atoms with Gasteiger partial charge in [-0.3, -0.25) is 4.79 Å². The Morgan fingerprint density at radius 2 is 1.76 bits per heavy atom. The van der Waals surface area contributed by atoms with Crippen LogP contribution >= 0.6 is 0 Å². The molecule has 0 amide bonds. The van der Waals surface area contributed by atoms with Crippen molar-refractivity contribution in [3.05, 3.63) is 82.4 Å². The fourth-order valence-electron chi connectivity index (χ4n) is 4.89. The van der Waals surface area contributed by atoms with Crippen LogP contribution in [0.2, 0.25) is 0 Å². The summed E-state index contributed by atoms with van der Waals surface area (Å²) in [7, 11) is 4.38. The molecule has 1 fully saturated rings. The van der Waals surface area contributed by atoms with Gasteiger partial charge in [0.25, 0.3) is 7.41 Å². The summed E-state index contributed by atoms with van der Waals surface area (Å²) in [4.78, 5) is 35.1. The molecule has 0 N–H and O–H groups in total. The SMILES string of the molecule is COC(=O)Cc1ccccc1CCc1nc(Cc2ccc(N3CCN([B]C=O)CC3)cc2OC)ncc1C(F)(F)F. The lowest BCUT2D eigenvalue weighted by Crippen LogP contribution is -2.48. The quantitative estimate of drug-likeness (QED) is 0.198. The van der Waals surface area contributed by atoms with E-state index in [1.54, 1.807) is 38.8 Å². The second-order valence-corrected chi connectivity index (χ2v) is 9.65. The predicted octanol–water partition coefficient (Wildman–Crippen LogP) is 3.53. The molecule has 1 aliphatic rings. The van der Waals surface area contributed by atoms with Crippen molar-refractivity contribution < 1.29 is 32.2 Å². The van der Waals surface area contributed by atoms with Gasteiger partial charge >= 0.3 is 12.1 Å². The van der Waals surface area contributed by atoms with Crippen molar-refractivity contribution in [1.82, 2.24) is 14.8 Å². The van der Waals surface area contributed by atoms with Gasteiger partial charge in [0.1, 0.15) is 11.6 Å². The molecule has 0 atom stereocenters. The zero-order valence-corrected chi connectivity index (χ0v) is 23.0. The van der Waals surface area contributed by atoms with Gasteiger partial charge in [0.05, 0.1) is 38.1 Å². The number of ether oxygens (including phenoxy) is 2. The van der Waals surface area contributed by atoms with Crippen LogP contribution in [0.25, 0.3) is 0 Å². The lowest BCUT2D eigenvalue weighted by atomic mass is 9.93. The average molecular weight is 567 g/mol. The molecular formula is C29H31BF3N4O4. The van der Waals surface area contributed by atoms with Gasteiger partial charge in [-0.1, -0.05) is 30.3 Å². The topological polar surface area (TPSA) is 84.9 Å². The zero-order valence-electron chi connectivity index (χ0n) is 23.0. The number of carbonyl (C=O) groups is 2. The molecule has 0 spiro atoms. The number of anilines is 1. The number of nitrogens with zero attached hydrogens (tertiary/aromatic N) is 4. The maximum absolute atomic E-state index is 13.8. The normalized spacial score (nSPS) is 14.0. The first kappa shape index (κ1) is 30.0. The van der Waals surface area contributed by atoms with E-state index in [0.29, 0.717) is 11.3 Å². The number of halogens is 3. The summed E-state index contributed by atoms with van der Waals surface area (Å²) >= 11 is 0. The van der Waals surface area contributed by atoms with Crippen molar-refractivity contribution >= 4 is 25.3 Å². The van der Waals surface area contributed by atoms with Gasteiger partial charge in [0.15, 0.2) is 0 Å². The number of piperazine rings is 1. The van der Waals surface area contributed by atoms with Crippen LogP contribution in [0.4, 0.5) is 18.9 Å². The summed E-state index contributed by atoms with van der Waals surface area (Å²) < 4.78 is 51.9. The number of benzene rings is 2. The molecule has 0 aliphatic carbocycles. The average Bonchev–Trinajstić information content (AvgIpc) is 2.97. The Balaban J connectivity index is 1.53. The van der Waals surface area contributed by atoms with Gasteiger partial charge in [-0.25, -0.2) is 9.97 Å². The summed E-state index contributed by atoms with van der Waals surface area (Å²) in [6.07, 6.45) is -2.46. The highest BCUT2D eigenvalue weighted by molar-refractivity contribution is 6.64. The maximum Gasteiger partial charge on any atom is 0.419 e. The van der Waals surface area contributed by atoms with E-state index in [1.807, 2.05) is 23.0 Å². The number of alkyl halides is 3. The number of aromatic nitrogens is 2. The van der Waals surface area contributed by atoms with Gasteiger partial charge < -0.3 is 24.0 Å². The standard InChI is InChI=1S/C29H31BF3N4O4/c1-40-26-17-23(36-11-13-37(14-12-36)30-19-38)9-7-22(26)15-27-34-18-24(29(31,32)33)25(35-27)10-8-20-5-3-4-6-21(20)16-28(39)41-2/h3-7,9,17-19H,8,10-16H2,1-2H3. The van der Waals surface area contributed by atoms with Crippen LogP contribution in [0, 0.1) is 0 Å². The first-order valence-electron chi connectivity index (χ1n) is 13.2. The van der Waals surface area contributed by atoms with E-state index >= 15 is 0 Å². The highest BCUT2D eigenvalue weighted by Gasteiger charge is 2.35. The molecule has 3 aromatic rings. The van der Waals surface area contributed by atoms with E-state index < -0.39 is 17.7 Å². The monoisotopic (exact) mass is 567 g/mol. The molecule has 1 aromatic heterocycles. The lowest BCUT2D eigenvalue weighted by molar-refractivity contribution is -0.140. The van der Waals surface area contributed by atoms with Crippen LogP contribution in [0.3, 0.4) is 0 Å². The number of hydrogen-bond donors (Lipinski definition) is 0. The highest BCUT2D eigenvalue weighted by atomic mass is 19.4. The third-order valence-electron chi connectivity index (χ3n) is 7.11. The van der Waals surface area contributed by atoms with Crippen molar-refractivity contribution in [3.63, 3.8) is 0 Å². The Bertz CT molecular complexity index is 1360. The second-order valence-electron chi connectivity index (χ2n) is 9.65. The minimum atomic E-state index is -4.60. The molecule has 0 saturated carbocycles. The minimum Gasteiger partial charge on any atom is -0.496 e. The number of esters is 1. The van der Waals surface area contributed by atoms with E-state index in [9.17, 15) is 22.8 Å². The van der Waals surface area contributed by atoms with E-state index in [-0.39, 0.29) is 37.2 Å². The molecule has 215 valence electrons. The van der Waals surface area contributed by atoms with E-state index in [2.05, 4.69) is 14.9 Å². The maximum atomic E-state index is 13.8. The Morgan fingerprint density at radius 3 is 2.41 bits per heavy atom. The molecule has 0 bridgehead atoms. The smallest absolute Gasteiger partial charge is 0.419 e. The summed E-state index contributed by atoms with van der Waals surface area (Å²) in [5.74, 6) is 0.419. The van der Waals surface area contributed by atoms with Gasteiger partial charge in [-0.15, -0.1) is 0 Å². The molecular weight excluding hydrogens is 536 g/mol. The molecule has 1 radical (unpaired) electrons. The van der Waals surface area contributed by atoms with Crippen molar-refractivity contribution in [3.8, 4) is 5.75 Å². The molecule has 2 aromatic carbocycles. The fraction of sp³-hybridized carbons (Fsp3) is 0.379. The molecule has 1 aliphatic heterocycles. The first-order chi connectivity index (χ1) is 19.7. The first-order valence-corrected chi connectivity index (χ1v) is 13.2. The third kappa shape index (κ3) is 7.84. The Morgan fingerprint density at radius 1 is 1.02 bits per heavy atom. The number of rotatable bonds is 11. The Kier molecular flexibility index (Phi) is 9.98. The number of hydrogen-bond acceptors (Lipinski definition) is 8. The van der Waals surface area contributed by atoms with Crippen LogP contribution < -0.4 is 9.64 Å². The van der Waals surface area contributed by atoms with Gasteiger partial charge in [-0.2, -0.15) is 13.2 Å². The molecule has 0 unspecified atom stereocenters. The van der Waals surface area contributed by atoms with Gasteiger partial charge in [0, 0.05) is 56.1 Å². The third-order valence-corrected chi connectivity index (χ3v) is 7.11. The molecule has 4 rings (SSSR count). The molecule has 2 heterocycles. The van der Waals surface area contributed by atoms with Gasteiger partial charge in [0.2, 0.25) is 0 Å². The summed E-state index contributed by atoms with van der Waals surface area (Å²) in [6.45, 7) is 2.91. The minimum absolute atomic E-state index is 0.0200. The fourth-order valence-corrected chi connectivity index (χ4v) is 4.89. The Labute approximate surface area is 237 Å². The summed E-state index contributed by atoms with van der Waals surface area (Å²) in [6, 6.07) is 12.8. The lowest BCUT2D eigenvalue weighted by Gasteiger charge is -2.35. The predicted molar refractivity (Wildman–Crippen MR) is 149 cm³/mol. The van der Waals surface area contributed by atoms with Crippen LogP contribution in [0.15, 0.2) is 48.7 Å². The van der Waals surface area contributed by atoms with Gasteiger partial charge in [-0.05, 0) is 30.0 Å². The number of aryl methyl sites for hydroxylation is 2. The van der Waals surface area contributed by atoms with Crippen molar-refractivity contribution in [2.75, 3.05) is 45.3 Å². The van der Waals surface area contributed by atoms with Crippen molar-refractivity contribution in [2.24, 2.45) is 0 Å². The van der Waals surface area contributed by atoms with Crippen LogP contribution in [-0.2, 0) is 46.2 Å². The van der Waals surface area contributed by atoms with Crippen molar-refractivity contribution in [1.29, 1.82) is 0 Å². The number of methoxy groups -OCH3 is 2. The molecule has 12 heteroatoms. The van der Waals surface area contributed by atoms with Crippen LogP contribution in [0.5, 0.6) is 5.75 Å². The molecule has 1 saturated heterocycles. The Hall–Kier alpha value is -3.93. The van der Waals surface area contributed by atoms with E-state index in [1.165, 1.54) is 7.11 Å².